The van der Waals surface area contributed by atoms with Crippen molar-refractivity contribution in [2.75, 3.05) is 0 Å². The summed E-state index contributed by atoms with van der Waals surface area (Å²) in [7, 11) is 0.610. The topological polar surface area (TPSA) is 17.1 Å². The van der Waals surface area contributed by atoms with Gasteiger partial charge in [-0.05, 0) is 30.8 Å². The number of rotatable bonds is 1. The van der Waals surface area contributed by atoms with Crippen LogP contribution in [0.2, 0.25) is 0 Å². The van der Waals surface area contributed by atoms with Gasteiger partial charge in [-0.2, -0.15) is 18.2 Å². The second-order valence-electron chi connectivity index (χ2n) is 3.09. The van der Waals surface area contributed by atoms with Gasteiger partial charge in [0, 0.05) is 5.30 Å². The van der Waals surface area contributed by atoms with E-state index < -0.39 is 0 Å². The molecule has 3 heteroatoms. The van der Waals surface area contributed by atoms with Crippen molar-refractivity contribution in [3.8, 4) is 0 Å². The van der Waals surface area contributed by atoms with Crippen LogP contribution in [0.15, 0.2) is 36.1 Å². The van der Waals surface area contributed by atoms with Crippen LogP contribution < -0.4 is 0 Å². The molecule has 1 unspecified atom stereocenters. The van der Waals surface area contributed by atoms with Crippen LogP contribution in [0, 0.1) is 28.7 Å². The van der Waals surface area contributed by atoms with Gasteiger partial charge in [-0.3, -0.25) is 4.79 Å². The first-order chi connectivity index (χ1) is 6.75. The first kappa shape index (κ1) is 21.6. The SMILES string of the molecule is Cc1c[pH]c(C=O)c1C.[CH3-].[CH3-].[Fe+2].c1cc[cH-]c1. The molecule has 0 N–H and O–H groups in total. The van der Waals surface area contributed by atoms with Crippen molar-refractivity contribution < 1.29 is 21.9 Å². The van der Waals surface area contributed by atoms with E-state index in [1.54, 1.807) is 0 Å². The Morgan fingerprint density at radius 3 is 1.88 bits per heavy atom. The van der Waals surface area contributed by atoms with Crippen LogP contribution in [0.3, 0.4) is 0 Å². The molecule has 1 heterocycles. The minimum absolute atomic E-state index is 0. The number of aryl methyl sites for hydroxylation is 1. The van der Waals surface area contributed by atoms with Crippen LogP contribution >= 0.6 is 8.19 Å². The Balaban J connectivity index is -0.000000216. The van der Waals surface area contributed by atoms with Crippen LogP contribution in [0.4, 0.5) is 0 Å². The number of hydrogen-bond donors (Lipinski definition) is 0. The Labute approximate surface area is 118 Å². The van der Waals surface area contributed by atoms with Gasteiger partial charge in [0.1, 0.15) is 0 Å². The van der Waals surface area contributed by atoms with E-state index in [0.717, 1.165) is 11.6 Å². The van der Waals surface area contributed by atoms with E-state index in [4.69, 9.17) is 0 Å². The van der Waals surface area contributed by atoms with E-state index in [-0.39, 0.29) is 31.9 Å². The molecule has 0 fully saturated rings. The third-order valence-electron chi connectivity index (χ3n) is 2.11. The smallest absolute Gasteiger partial charge is 0.358 e. The summed E-state index contributed by atoms with van der Waals surface area (Å²) < 4.78 is 0. The van der Waals surface area contributed by atoms with Crippen molar-refractivity contribution in [1.82, 2.24) is 0 Å². The van der Waals surface area contributed by atoms with Gasteiger partial charge in [-0.15, -0.1) is 8.19 Å². The summed E-state index contributed by atoms with van der Waals surface area (Å²) in [6.07, 6.45) is 0.959. The fraction of sp³-hybridized carbons (Fsp3) is 0.143. The first-order valence-electron chi connectivity index (χ1n) is 4.52. The van der Waals surface area contributed by atoms with Gasteiger partial charge < -0.3 is 14.9 Å². The zero-order valence-electron chi connectivity index (χ0n) is 10.8. The Morgan fingerprint density at radius 1 is 1.18 bits per heavy atom. The normalized spacial score (nSPS) is 7.88. The fourth-order valence-corrected chi connectivity index (χ4v) is 2.13. The van der Waals surface area contributed by atoms with E-state index in [0.29, 0.717) is 8.19 Å². The van der Waals surface area contributed by atoms with E-state index in [1.165, 1.54) is 11.1 Å². The Kier molecular flexibility index (Phi) is 15.0. The molecule has 0 saturated carbocycles. The summed E-state index contributed by atoms with van der Waals surface area (Å²) in [6.45, 7) is 4.04. The molecule has 0 amide bonds. The Morgan fingerprint density at radius 2 is 1.71 bits per heavy atom. The molecule has 96 valence electrons. The average molecular weight is 291 g/mol. The molecule has 0 aliphatic heterocycles. The largest absolute Gasteiger partial charge is 2.00 e. The molecule has 1 atom stereocenters. The summed E-state index contributed by atoms with van der Waals surface area (Å²) in [4.78, 5) is 10.3. The van der Waals surface area contributed by atoms with Gasteiger partial charge in [0.15, 0.2) is 6.29 Å². The Hall–Kier alpha value is -0.681. The second kappa shape index (κ2) is 11.8. The quantitative estimate of drug-likeness (QED) is 0.431. The summed E-state index contributed by atoms with van der Waals surface area (Å²) in [6, 6.07) is 10.0. The molecule has 0 aliphatic carbocycles. The maximum Gasteiger partial charge on any atom is 2.00 e. The van der Waals surface area contributed by atoms with E-state index in [1.807, 2.05) is 44.2 Å². The van der Waals surface area contributed by atoms with Gasteiger partial charge in [-0.25, -0.2) is 12.1 Å². The molecule has 1 aromatic heterocycles. The minimum atomic E-state index is 0. The van der Waals surface area contributed by atoms with Gasteiger partial charge >= 0.3 is 17.1 Å². The zero-order valence-corrected chi connectivity index (χ0v) is 12.9. The minimum Gasteiger partial charge on any atom is -0.358 e. The number of aldehydes is 1. The summed E-state index contributed by atoms with van der Waals surface area (Å²) in [5.41, 5.74) is 2.43. The molecule has 1 aromatic carbocycles. The predicted octanol–water partition coefficient (Wildman–Crippen LogP) is 4.45. The number of carbonyl (C=O) groups excluding carboxylic acids is 1. The molecule has 0 bridgehead atoms. The molecular weight excluding hydrogens is 271 g/mol. The molecule has 17 heavy (non-hydrogen) atoms. The predicted molar refractivity (Wildman–Crippen MR) is 75.7 cm³/mol. The van der Waals surface area contributed by atoms with Crippen LogP contribution in [0.1, 0.15) is 21.2 Å². The molecule has 2 rings (SSSR count). The molecule has 0 spiro atoms. The summed E-state index contributed by atoms with van der Waals surface area (Å²) in [5, 5.41) is 0.965. The van der Waals surface area contributed by atoms with E-state index >= 15 is 0 Å². The molecule has 0 aliphatic rings. The van der Waals surface area contributed by atoms with E-state index in [9.17, 15) is 4.79 Å². The summed E-state index contributed by atoms with van der Waals surface area (Å²) in [5.74, 6) is 2.11. The maximum atomic E-state index is 10.3. The van der Waals surface area contributed by atoms with Crippen LogP contribution in [0.5, 0.6) is 0 Å². The van der Waals surface area contributed by atoms with Crippen molar-refractivity contribution in [3.05, 3.63) is 67.4 Å². The molecule has 0 saturated heterocycles. The van der Waals surface area contributed by atoms with Crippen LogP contribution in [0.25, 0.3) is 0 Å². The average Bonchev–Trinajstić information content (AvgIpc) is 2.82. The van der Waals surface area contributed by atoms with Crippen molar-refractivity contribution >= 4 is 14.5 Å². The van der Waals surface area contributed by atoms with Gasteiger partial charge in [0.05, 0.1) is 0 Å². The van der Waals surface area contributed by atoms with Crippen LogP contribution in [-0.4, -0.2) is 6.29 Å². The van der Waals surface area contributed by atoms with Gasteiger partial charge in [0.25, 0.3) is 0 Å². The van der Waals surface area contributed by atoms with Crippen molar-refractivity contribution in [1.29, 1.82) is 0 Å². The fourth-order valence-electron chi connectivity index (χ4n) is 1.06. The number of hydrogen-bond acceptors (Lipinski definition) is 1. The van der Waals surface area contributed by atoms with Gasteiger partial charge in [0.2, 0.25) is 0 Å². The summed E-state index contributed by atoms with van der Waals surface area (Å²) >= 11 is 0. The Bertz CT molecular complexity index is 360. The molecule has 0 radical (unpaired) electrons. The van der Waals surface area contributed by atoms with Crippen molar-refractivity contribution in [3.63, 3.8) is 0 Å². The van der Waals surface area contributed by atoms with Crippen molar-refractivity contribution in [2.45, 2.75) is 13.8 Å². The van der Waals surface area contributed by atoms with E-state index in [2.05, 4.69) is 5.80 Å². The molecule has 1 nitrogen and oxygen atoms in total. The third kappa shape index (κ3) is 7.28. The second-order valence-corrected chi connectivity index (χ2v) is 4.21. The molecular formula is C14H20FeOP-. The number of carbonyl (C=O) groups is 1. The third-order valence-corrected chi connectivity index (χ3v) is 3.49. The van der Waals surface area contributed by atoms with Crippen molar-refractivity contribution in [2.24, 2.45) is 0 Å². The standard InChI is InChI=1S/C7H9OP.C5H5.2CH3.Fe/c1-5-4-9-7(3-8)6(5)2;1-2-4-5-3-1;;;/h3-4,9H,1-2H3;1-5H;2*1H3;/q;3*-1;+2. The maximum absolute atomic E-state index is 10.3. The molecule has 2 aromatic rings. The first-order valence-corrected chi connectivity index (χ1v) is 5.60. The van der Waals surface area contributed by atoms with Gasteiger partial charge in [-0.1, -0.05) is 0 Å². The van der Waals surface area contributed by atoms with Crippen LogP contribution in [-0.2, 0) is 17.1 Å². The zero-order chi connectivity index (χ0) is 10.4. The monoisotopic (exact) mass is 291 g/mol.